The number of hydrogen-bond acceptors (Lipinski definition) is 3. The molecule has 2 rings (SSSR count). The maximum absolute atomic E-state index is 5.87. The summed E-state index contributed by atoms with van der Waals surface area (Å²) in [5.41, 5.74) is 0.144. The molecule has 0 aliphatic carbocycles. The van der Waals surface area contributed by atoms with Crippen LogP contribution in [0.4, 0.5) is 0 Å². The molecule has 1 spiro atoms. The van der Waals surface area contributed by atoms with Gasteiger partial charge in [0.15, 0.2) is 0 Å². The molecule has 2 aliphatic heterocycles. The van der Waals surface area contributed by atoms with Gasteiger partial charge in [-0.3, -0.25) is 0 Å². The van der Waals surface area contributed by atoms with Gasteiger partial charge in [-0.1, -0.05) is 0 Å². The van der Waals surface area contributed by atoms with Crippen LogP contribution in [-0.4, -0.2) is 50.3 Å². The normalized spacial score (nSPS) is 38.8. The Bertz CT molecular complexity index is 149. The van der Waals surface area contributed by atoms with Crippen molar-refractivity contribution in [1.82, 2.24) is 10.2 Å². The van der Waals surface area contributed by atoms with Crippen LogP contribution in [0.3, 0.4) is 0 Å². The molecule has 0 unspecified atom stereocenters. The maximum Gasteiger partial charge on any atom is 0.0933 e. The zero-order valence-electron chi connectivity index (χ0n) is 7.81. The van der Waals surface area contributed by atoms with E-state index in [-0.39, 0.29) is 5.60 Å². The molecule has 0 aromatic carbocycles. The van der Waals surface area contributed by atoms with Crippen LogP contribution in [0.2, 0.25) is 0 Å². The van der Waals surface area contributed by atoms with Crippen molar-refractivity contribution in [2.75, 3.05) is 39.8 Å². The predicted octanol–water partition coefficient (Wildman–Crippen LogP) is 0.0706. The maximum atomic E-state index is 5.87. The molecule has 0 amide bonds. The highest BCUT2D eigenvalue weighted by Crippen LogP contribution is 2.25. The summed E-state index contributed by atoms with van der Waals surface area (Å²) in [5, 5.41) is 3.41. The number of nitrogens with one attached hydrogen (secondary N) is 1. The fourth-order valence-electron chi connectivity index (χ4n) is 2.29. The Morgan fingerprint density at radius 2 is 2.42 bits per heavy atom. The molecule has 12 heavy (non-hydrogen) atoms. The SMILES string of the molecule is CN1CCC[C@@]2(CNCCO2)C1. The van der Waals surface area contributed by atoms with Gasteiger partial charge in [0, 0.05) is 19.6 Å². The van der Waals surface area contributed by atoms with Crippen LogP contribution in [0.15, 0.2) is 0 Å². The van der Waals surface area contributed by atoms with E-state index >= 15 is 0 Å². The molecule has 3 heteroatoms. The molecule has 1 N–H and O–H groups in total. The third kappa shape index (κ3) is 1.63. The van der Waals surface area contributed by atoms with Gasteiger partial charge in [-0.25, -0.2) is 0 Å². The van der Waals surface area contributed by atoms with Gasteiger partial charge in [-0.05, 0) is 26.4 Å². The lowest BCUT2D eigenvalue weighted by Crippen LogP contribution is -2.57. The summed E-state index contributed by atoms with van der Waals surface area (Å²) in [6.45, 7) is 5.27. The van der Waals surface area contributed by atoms with Crippen LogP contribution in [0.1, 0.15) is 12.8 Å². The van der Waals surface area contributed by atoms with Crippen molar-refractivity contribution in [3.05, 3.63) is 0 Å². The quantitative estimate of drug-likeness (QED) is 0.557. The molecule has 1 atom stereocenters. The minimum Gasteiger partial charge on any atom is -0.371 e. The molecule has 0 bridgehead atoms. The summed E-state index contributed by atoms with van der Waals surface area (Å²) in [7, 11) is 2.18. The van der Waals surface area contributed by atoms with E-state index in [2.05, 4.69) is 17.3 Å². The van der Waals surface area contributed by atoms with Gasteiger partial charge >= 0.3 is 0 Å². The van der Waals surface area contributed by atoms with E-state index < -0.39 is 0 Å². The van der Waals surface area contributed by atoms with E-state index in [1.165, 1.54) is 19.4 Å². The van der Waals surface area contributed by atoms with Crippen LogP contribution >= 0.6 is 0 Å². The molecule has 0 aromatic rings. The number of likely N-dealkylation sites (tertiary alicyclic amines) is 1. The van der Waals surface area contributed by atoms with E-state index in [4.69, 9.17) is 4.74 Å². The van der Waals surface area contributed by atoms with Gasteiger partial charge < -0.3 is 15.0 Å². The molecule has 3 nitrogen and oxygen atoms in total. The Morgan fingerprint density at radius 1 is 1.50 bits per heavy atom. The molecule has 2 saturated heterocycles. The zero-order chi connectivity index (χ0) is 8.44. The van der Waals surface area contributed by atoms with Crippen molar-refractivity contribution < 1.29 is 4.74 Å². The monoisotopic (exact) mass is 170 g/mol. The average molecular weight is 170 g/mol. The van der Waals surface area contributed by atoms with Gasteiger partial charge in [0.1, 0.15) is 0 Å². The van der Waals surface area contributed by atoms with E-state index in [0.717, 1.165) is 26.2 Å². The highest BCUT2D eigenvalue weighted by Gasteiger charge is 2.36. The van der Waals surface area contributed by atoms with Gasteiger partial charge in [-0.2, -0.15) is 0 Å². The Morgan fingerprint density at radius 3 is 3.08 bits per heavy atom. The lowest BCUT2D eigenvalue weighted by atomic mass is 9.92. The molecule has 2 fully saturated rings. The van der Waals surface area contributed by atoms with Crippen molar-refractivity contribution in [3.63, 3.8) is 0 Å². The number of hydrogen-bond donors (Lipinski definition) is 1. The van der Waals surface area contributed by atoms with Crippen LogP contribution in [0, 0.1) is 0 Å². The molecule has 2 heterocycles. The number of likely N-dealkylation sites (N-methyl/N-ethyl adjacent to an activating group) is 1. The molecular weight excluding hydrogens is 152 g/mol. The summed E-state index contributed by atoms with van der Waals surface area (Å²) >= 11 is 0. The molecular formula is C9H18N2O. The molecule has 0 radical (unpaired) electrons. The highest BCUT2D eigenvalue weighted by atomic mass is 16.5. The molecule has 0 aromatic heterocycles. The van der Waals surface area contributed by atoms with Gasteiger partial charge in [0.25, 0.3) is 0 Å². The standard InChI is InChI=1S/C9H18N2O/c1-11-5-2-3-9(8-11)7-10-4-6-12-9/h10H,2-8H2,1H3/t9-/m1/s1. The topological polar surface area (TPSA) is 24.5 Å². The van der Waals surface area contributed by atoms with Crippen LogP contribution < -0.4 is 5.32 Å². The van der Waals surface area contributed by atoms with Crippen LogP contribution in [0.5, 0.6) is 0 Å². The van der Waals surface area contributed by atoms with Crippen molar-refractivity contribution in [2.45, 2.75) is 18.4 Å². The van der Waals surface area contributed by atoms with Crippen LogP contribution in [-0.2, 0) is 4.74 Å². The fraction of sp³-hybridized carbons (Fsp3) is 1.00. The van der Waals surface area contributed by atoms with Gasteiger partial charge in [-0.15, -0.1) is 0 Å². The Balaban J connectivity index is 1.97. The number of rotatable bonds is 0. The molecule has 70 valence electrons. The van der Waals surface area contributed by atoms with Crippen molar-refractivity contribution in [2.24, 2.45) is 0 Å². The third-order valence-electron chi connectivity index (χ3n) is 2.86. The lowest BCUT2D eigenvalue weighted by Gasteiger charge is -2.43. The Kier molecular flexibility index (Phi) is 2.35. The first-order chi connectivity index (χ1) is 5.81. The number of morpholine rings is 1. The minimum absolute atomic E-state index is 0.144. The third-order valence-corrected chi connectivity index (χ3v) is 2.86. The summed E-state index contributed by atoms with van der Waals surface area (Å²) in [5.74, 6) is 0. The average Bonchev–Trinajstić information content (AvgIpc) is 2.05. The molecule has 0 saturated carbocycles. The van der Waals surface area contributed by atoms with Gasteiger partial charge in [0.05, 0.1) is 12.2 Å². The van der Waals surface area contributed by atoms with E-state index in [1.807, 2.05) is 0 Å². The van der Waals surface area contributed by atoms with Crippen molar-refractivity contribution >= 4 is 0 Å². The number of ether oxygens (including phenoxy) is 1. The van der Waals surface area contributed by atoms with Crippen LogP contribution in [0.25, 0.3) is 0 Å². The van der Waals surface area contributed by atoms with Crippen molar-refractivity contribution in [1.29, 1.82) is 0 Å². The summed E-state index contributed by atoms with van der Waals surface area (Å²) in [6.07, 6.45) is 2.50. The zero-order valence-corrected chi connectivity index (χ0v) is 7.81. The van der Waals surface area contributed by atoms with Gasteiger partial charge in [0.2, 0.25) is 0 Å². The second-order valence-corrected chi connectivity index (χ2v) is 4.05. The van der Waals surface area contributed by atoms with E-state index in [9.17, 15) is 0 Å². The molecule has 2 aliphatic rings. The van der Waals surface area contributed by atoms with Crippen molar-refractivity contribution in [3.8, 4) is 0 Å². The second-order valence-electron chi connectivity index (χ2n) is 4.05. The minimum atomic E-state index is 0.144. The van der Waals surface area contributed by atoms with E-state index in [0.29, 0.717) is 0 Å². The predicted molar refractivity (Wildman–Crippen MR) is 48.3 cm³/mol. The largest absolute Gasteiger partial charge is 0.371 e. The Hall–Kier alpha value is -0.120. The fourth-order valence-corrected chi connectivity index (χ4v) is 2.29. The lowest BCUT2D eigenvalue weighted by molar-refractivity contribution is -0.101. The van der Waals surface area contributed by atoms with E-state index in [1.54, 1.807) is 0 Å². The first kappa shape index (κ1) is 8.48. The number of piperidine rings is 1. The summed E-state index contributed by atoms with van der Waals surface area (Å²) in [4.78, 5) is 2.37. The summed E-state index contributed by atoms with van der Waals surface area (Å²) in [6, 6.07) is 0. The number of nitrogens with zero attached hydrogens (tertiary/aromatic N) is 1. The first-order valence-electron chi connectivity index (χ1n) is 4.84. The summed E-state index contributed by atoms with van der Waals surface area (Å²) < 4.78 is 5.87. The Labute approximate surface area is 74.1 Å². The highest BCUT2D eigenvalue weighted by molar-refractivity contribution is 4.91. The first-order valence-corrected chi connectivity index (χ1v) is 4.84. The smallest absolute Gasteiger partial charge is 0.0933 e. The second kappa shape index (κ2) is 3.32.